The zero-order valence-corrected chi connectivity index (χ0v) is 14.0. The Balaban J connectivity index is 2.82. The Morgan fingerprint density at radius 3 is 2.15 bits per heavy atom. The van der Waals surface area contributed by atoms with E-state index in [1.165, 1.54) is 0 Å². The Hall–Kier alpha value is -1.03. The molecule has 0 unspecified atom stereocenters. The minimum absolute atomic E-state index is 0.0811. The van der Waals surface area contributed by atoms with E-state index in [0.29, 0.717) is 5.88 Å². The summed E-state index contributed by atoms with van der Waals surface area (Å²) in [6, 6.07) is 0. The van der Waals surface area contributed by atoms with Crippen molar-refractivity contribution in [3.8, 4) is 0 Å². The summed E-state index contributed by atoms with van der Waals surface area (Å²) in [6.45, 7) is 8.85. The molecule has 0 amide bonds. The van der Waals surface area contributed by atoms with E-state index in [0.717, 1.165) is 48.4 Å². The number of aromatic nitrogens is 4. The molecule has 0 aliphatic rings. The third-order valence-corrected chi connectivity index (χ3v) is 4.92. The number of alkyl halides is 1. The summed E-state index contributed by atoms with van der Waals surface area (Å²) in [4.78, 5) is 4.78. The van der Waals surface area contributed by atoms with E-state index in [-0.39, 0.29) is 5.54 Å². The number of rotatable bonds is 6. The highest BCUT2D eigenvalue weighted by molar-refractivity contribution is 6.16. The first-order valence-corrected chi connectivity index (χ1v) is 8.11. The van der Waals surface area contributed by atoms with Crippen molar-refractivity contribution >= 4 is 22.8 Å². The number of halogens is 1. The van der Waals surface area contributed by atoms with Crippen LogP contribution in [0, 0.1) is 0 Å². The van der Waals surface area contributed by atoms with Crippen LogP contribution in [0.5, 0.6) is 0 Å². The van der Waals surface area contributed by atoms with Crippen molar-refractivity contribution in [3.05, 3.63) is 11.5 Å². The number of hydrogen-bond donors (Lipinski definition) is 0. The van der Waals surface area contributed by atoms with E-state index in [9.17, 15) is 0 Å². The Bertz CT molecular complexity index is 584. The molecule has 0 bridgehead atoms. The fourth-order valence-electron chi connectivity index (χ4n) is 3.28. The molecule has 0 aliphatic heterocycles. The van der Waals surface area contributed by atoms with Gasteiger partial charge in [0, 0.05) is 12.6 Å². The van der Waals surface area contributed by atoms with Gasteiger partial charge in [0.15, 0.2) is 5.65 Å². The van der Waals surface area contributed by atoms with Gasteiger partial charge in [-0.15, -0.1) is 11.6 Å². The van der Waals surface area contributed by atoms with Crippen LogP contribution >= 0.6 is 11.6 Å². The number of aryl methyl sites for hydroxylation is 2. The molecule has 0 fully saturated rings. The van der Waals surface area contributed by atoms with Crippen molar-refractivity contribution in [1.29, 1.82) is 0 Å². The topological polar surface area (TPSA) is 35.6 Å². The Morgan fingerprint density at radius 2 is 1.70 bits per heavy atom. The van der Waals surface area contributed by atoms with Crippen LogP contribution in [-0.2, 0) is 24.9 Å². The molecule has 0 aromatic carbocycles. The van der Waals surface area contributed by atoms with Crippen molar-refractivity contribution in [2.75, 3.05) is 0 Å². The van der Waals surface area contributed by atoms with E-state index < -0.39 is 0 Å². The number of imidazole rings is 1. The fourth-order valence-corrected chi connectivity index (χ4v) is 3.45. The van der Waals surface area contributed by atoms with E-state index in [1.807, 2.05) is 11.7 Å². The quantitative estimate of drug-likeness (QED) is 0.755. The first-order chi connectivity index (χ1) is 9.58. The maximum absolute atomic E-state index is 6.17. The molecule has 0 saturated carbocycles. The van der Waals surface area contributed by atoms with Gasteiger partial charge in [-0.05, 0) is 25.7 Å². The third-order valence-electron chi connectivity index (χ3n) is 4.68. The molecule has 20 heavy (non-hydrogen) atoms. The molecule has 2 aromatic rings. The molecule has 0 radical (unpaired) electrons. The summed E-state index contributed by atoms with van der Waals surface area (Å²) >= 11 is 6.17. The van der Waals surface area contributed by atoms with Crippen LogP contribution < -0.4 is 0 Å². The molecule has 0 saturated heterocycles. The maximum Gasteiger partial charge on any atom is 0.159 e. The lowest BCUT2D eigenvalue weighted by molar-refractivity contribution is 0.249. The summed E-state index contributed by atoms with van der Waals surface area (Å²) in [5.41, 5.74) is 3.27. The van der Waals surface area contributed by atoms with Gasteiger partial charge in [-0.1, -0.05) is 27.7 Å². The molecular formula is C15H25ClN4. The van der Waals surface area contributed by atoms with E-state index in [2.05, 4.69) is 37.4 Å². The molecule has 0 atom stereocenters. The predicted molar refractivity (Wildman–Crippen MR) is 84.3 cm³/mol. The lowest BCUT2D eigenvalue weighted by atomic mass is 9.89. The van der Waals surface area contributed by atoms with Crippen LogP contribution in [0.25, 0.3) is 11.2 Å². The maximum atomic E-state index is 6.17. The van der Waals surface area contributed by atoms with Crippen molar-refractivity contribution < 1.29 is 0 Å². The number of fused-ring (bicyclic) bond motifs is 1. The molecule has 4 nitrogen and oxygen atoms in total. The average Bonchev–Trinajstić information content (AvgIpc) is 3.00. The van der Waals surface area contributed by atoms with Gasteiger partial charge in [0.2, 0.25) is 0 Å². The number of nitrogens with zero attached hydrogens (tertiary/aromatic N) is 4. The molecule has 2 aromatic heterocycles. The zero-order chi connectivity index (χ0) is 14.9. The summed E-state index contributed by atoms with van der Waals surface area (Å²) < 4.78 is 4.31. The normalized spacial score (nSPS) is 12.5. The minimum Gasteiger partial charge on any atom is -0.306 e. The lowest BCUT2D eigenvalue weighted by Gasteiger charge is -2.34. The molecule has 2 rings (SSSR count). The van der Waals surface area contributed by atoms with Gasteiger partial charge in [0.1, 0.15) is 11.3 Å². The van der Waals surface area contributed by atoms with E-state index in [1.54, 1.807) is 0 Å². The number of hydrogen-bond acceptors (Lipinski definition) is 2. The SMILES string of the molecule is CCc1nn(C)c2c1nc(CCl)n2C(CC)(CC)CC. The minimum atomic E-state index is 0.0811. The van der Waals surface area contributed by atoms with E-state index >= 15 is 0 Å². The molecule has 0 N–H and O–H groups in total. The van der Waals surface area contributed by atoms with Gasteiger partial charge in [0.05, 0.1) is 11.6 Å². The van der Waals surface area contributed by atoms with Crippen molar-refractivity contribution in [1.82, 2.24) is 19.3 Å². The van der Waals surface area contributed by atoms with Crippen molar-refractivity contribution in [3.63, 3.8) is 0 Å². The van der Waals surface area contributed by atoms with Gasteiger partial charge in [-0.25, -0.2) is 4.98 Å². The van der Waals surface area contributed by atoms with Crippen LogP contribution in [0.1, 0.15) is 58.5 Å². The molecule has 112 valence electrons. The average molecular weight is 297 g/mol. The monoisotopic (exact) mass is 296 g/mol. The van der Waals surface area contributed by atoms with E-state index in [4.69, 9.17) is 16.6 Å². The standard InChI is InChI=1S/C15H25ClN4/c1-6-11-13-14(19(5)18-11)20(12(10-16)17-13)15(7-2,8-3)9-4/h6-10H2,1-5H3. The van der Waals surface area contributed by atoms with Crippen LogP contribution in [0.3, 0.4) is 0 Å². The van der Waals surface area contributed by atoms with Crippen molar-refractivity contribution in [2.24, 2.45) is 7.05 Å². The summed E-state index contributed by atoms with van der Waals surface area (Å²) in [6.07, 6.45) is 4.11. The smallest absolute Gasteiger partial charge is 0.159 e. The zero-order valence-electron chi connectivity index (χ0n) is 13.2. The predicted octanol–water partition coefficient (Wildman–Crippen LogP) is 4.00. The first kappa shape index (κ1) is 15.4. The molecule has 0 spiro atoms. The largest absolute Gasteiger partial charge is 0.306 e. The summed E-state index contributed by atoms with van der Waals surface area (Å²) in [5.74, 6) is 1.41. The second-order valence-electron chi connectivity index (χ2n) is 5.38. The van der Waals surface area contributed by atoms with Crippen LogP contribution in [0.2, 0.25) is 0 Å². The van der Waals surface area contributed by atoms with Gasteiger partial charge in [-0.3, -0.25) is 4.68 Å². The van der Waals surface area contributed by atoms with Crippen LogP contribution in [0.4, 0.5) is 0 Å². The Morgan fingerprint density at radius 1 is 1.10 bits per heavy atom. The molecular weight excluding hydrogens is 272 g/mol. The second kappa shape index (κ2) is 5.76. The van der Waals surface area contributed by atoms with Gasteiger partial charge >= 0.3 is 0 Å². The third kappa shape index (κ3) is 2.05. The van der Waals surface area contributed by atoms with Gasteiger partial charge < -0.3 is 4.57 Å². The highest BCUT2D eigenvalue weighted by Crippen LogP contribution is 2.35. The molecule has 5 heteroatoms. The van der Waals surface area contributed by atoms with Gasteiger partial charge in [-0.2, -0.15) is 5.10 Å². The van der Waals surface area contributed by atoms with Crippen molar-refractivity contribution in [2.45, 2.75) is 64.8 Å². The lowest BCUT2D eigenvalue weighted by Crippen LogP contribution is -2.33. The molecule has 0 aliphatic carbocycles. The fraction of sp³-hybridized carbons (Fsp3) is 0.733. The molecule has 2 heterocycles. The Kier molecular flexibility index (Phi) is 4.43. The first-order valence-electron chi connectivity index (χ1n) is 7.58. The Labute approximate surface area is 126 Å². The van der Waals surface area contributed by atoms with Gasteiger partial charge in [0.25, 0.3) is 0 Å². The van der Waals surface area contributed by atoms with Crippen LogP contribution in [-0.4, -0.2) is 19.3 Å². The summed E-state index contributed by atoms with van der Waals surface area (Å²) in [7, 11) is 2.00. The highest BCUT2D eigenvalue weighted by Gasteiger charge is 2.32. The van der Waals surface area contributed by atoms with Crippen LogP contribution in [0.15, 0.2) is 0 Å². The highest BCUT2D eigenvalue weighted by atomic mass is 35.5. The summed E-state index contributed by atoms with van der Waals surface area (Å²) in [5, 5.41) is 4.61. The second-order valence-corrected chi connectivity index (χ2v) is 5.65.